The highest BCUT2D eigenvalue weighted by Gasteiger charge is 2.69. The molecule has 1 saturated heterocycles. The van der Waals surface area contributed by atoms with Gasteiger partial charge in [-0.3, -0.25) is 9.59 Å². The van der Waals surface area contributed by atoms with Gasteiger partial charge in [-0.1, -0.05) is 48.5 Å². The van der Waals surface area contributed by atoms with E-state index in [1.54, 1.807) is 18.2 Å². The molecule has 144 valence electrons. The summed E-state index contributed by atoms with van der Waals surface area (Å²) in [4.78, 5) is 39.3. The molecule has 2 heterocycles. The number of fused-ring (bicyclic) bond motifs is 3. The highest BCUT2D eigenvalue weighted by molar-refractivity contribution is 6.03. The second-order valence-electron chi connectivity index (χ2n) is 6.81. The number of hydrogen-bond donors (Lipinski definition) is 0. The molecule has 0 N–H and O–H groups in total. The zero-order chi connectivity index (χ0) is 19.9. The molecule has 0 aliphatic carbocycles. The zero-order valence-corrected chi connectivity index (χ0v) is 15.5. The fourth-order valence-electron chi connectivity index (χ4n) is 4.35. The summed E-state index contributed by atoms with van der Waals surface area (Å²) in [5.74, 6) is -2.60. The summed E-state index contributed by atoms with van der Waals surface area (Å²) in [6.45, 7) is 0. The molecule has 0 aromatic heterocycles. The highest BCUT2D eigenvalue weighted by Crippen LogP contribution is 2.56. The number of amides is 1. The summed E-state index contributed by atoms with van der Waals surface area (Å²) >= 11 is 0. The minimum absolute atomic E-state index is 0.314. The Morgan fingerprint density at radius 1 is 1.04 bits per heavy atom. The molecule has 28 heavy (non-hydrogen) atoms. The van der Waals surface area contributed by atoms with Crippen molar-refractivity contribution in [2.24, 2.45) is 5.92 Å². The predicted molar refractivity (Wildman–Crippen MR) is 98.5 cm³/mol. The average Bonchev–Trinajstić information content (AvgIpc) is 3.14. The molecule has 0 bridgehead atoms. The van der Waals surface area contributed by atoms with Crippen LogP contribution in [0.5, 0.6) is 0 Å². The van der Waals surface area contributed by atoms with Crippen molar-refractivity contribution >= 4 is 23.7 Å². The molecule has 2 aliphatic heterocycles. The third kappa shape index (κ3) is 2.39. The molecule has 7 nitrogen and oxygen atoms in total. The van der Waals surface area contributed by atoms with Crippen LogP contribution in [-0.2, 0) is 35.6 Å². The highest BCUT2D eigenvalue weighted by atomic mass is 16.6. The number of esters is 2. The first-order valence-electron chi connectivity index (χ1n) is 8.83. The van der Waals surface area contributed by atoms with Crippen LogP contribution in [0.3, 0.4) is 0 Å². The summed E-state index contributed by atoms with van der Waals surface area (Å²) in [6, 6.07) is 16.6. The summed E-state index contributed by atoms with van der Waals surface area (Å²) in [5, 5.41) is 0. The minimum Gasteiger partial charge on any atom is -0.468 e. The molecule has 0 saturated carbocycles. The van der Waals surface area contributed by atoms with Crippen LogP contribution in [0.2, 0.25) is 0 Å². The smallest absolute Gasteiger partial charge is 0.417 e. The number of benzene rings is 2. The number of ether oxygens (including phenoxy) is 3. The Hall–Kier alpha value is -3.35. The van der Waals surface area contributed by atoms with Gasteiger partial charge in [-0.05, 0) is 23.6 Å². The normalized spacial score (nSPS) is 24.9. The Bertz CT molecular complexity index is 943. The molecule has 3 atom stereocenters. The molecule has 2 aromatic carbocycles. The average molecular weight is 381 g/mol. The van der Waals surface area contributed by atoms with E-state index in [-0.39, 0.29) is 0 Å². The van der Waals surface area contributed by atoms with Crippen molar-refractivity contribution < 1.29 is 28.6 Å². The Kier molecular flexibility index (Phi) is 4.30. The fraction of sp³-hybridized carbons (Fsp3) is 0.286. The SMILES string of the molecule is COC(=O)[C@@H]1C(=O)O[C@H]2N(C(=O)OC)c3ccccc3[C@@]12Cc1ccccc1. The quantitative estimate of drug-likeness (QED) is 0.461. The van der Waals surface area contributed by atoms with Gasteiger partial charge >= 0.3 is 18.0 Å². The van der Waals surface area contributed by atoms with Gasteiger partial charge in [-0.25, -0.2) is 9.69 Å². The predicted octanol–water partition coefficient (Wildman–Crippen LogP) is 2.43. The van der Waals surface area contributed by atoms with Crippen LogP contribution in [0.4, 0.5) is 10.5 Å². The molecular weight excluding hydrogens is 362 g/mol. The van der Waals surface area contributed by atoms with Gasteiger partial charge in [-0.2, -0.15) is 0 Å². The van der Waals surface area contributed by atoms with E-state index < -0.39 is 35.6 Å². The first-order chi connectivity index (χ1) is 13.5. The number of carbonyl (C=O) groups excluding carboxylic acids is 3. The van der Waals surface area contributed by atoms with Crippen LogP contribution in [0.25, 0.3) is 0 Å². The lowest BCUT2D eigenvalue weighted by Gasteiger charge is -2.32. The van der Waals surface area contributed by atoms with E-state index in [1.807, 2.05) is 36.4 Å². The monoisotopic (exact) mass is 381 g/mol. The van der Waals surface area contributed by atoms with Crippen molar-refractivity contribution in [2.45, 2.75) is 18.1 Å². The van der Waals surface area contributed by atoms with Crippen LogP contribution in [0.15, 0.2) is 54.6 Å². The number of nitrogens with zero attached hydrogens (tertiary/aromatic N) is 1. The van der Waals surface area contributed by atoms with Gasteiger partial charge in [0.15, 0.2) is 12.1 Å². The summed E-state index contributed by atoms with van der Waals surface area (Å²) < 4.78 is 15.5. The van der Waals surface area contributed by atoms with Gasteiger partial charge in [0.25, 0.3) is 0 Å². The third-order valence-corrected chi connectivity index (χ3v) is 5.47. The van der Waals surface area contributed by atoms with Crippen molar-refractivity contribution in [3.63, 3.8) is 0 Å². The molecule has 2 aliphatic rings. The van der Waals surface area contributed by atoms with Crippen molar-refractivity contribution in [1.82, 2.24) is 0 Å². The minimum atomic E-state index is -1.20. The van der Waals surface area contributed by atoms with Gasteiger partial charge in [0.1, 0.15) is 0 Å². The topological polar surface area (TPSA) is 82.1 Å². The van der Waals surface area contributed by atoms with Crippen molar-refractivity contribution in [3.05, 3.63) is 65.7 Å². The first-order valence-corrected chi connectivity index (χ1v) is 8.83. The van der Waals surface area contributed by atoms with Crippen molar-refractivity contribution in [2.75, 3.05) is 19.1 Å². The molecule has 4 rings (SSSR count). The van der Waals surface area contributed by atoms with E-state index >= 15 is 0 Å². The number of anilines is 1. The lowest BCUT2D eigenvalue weighted by molar-refractivity contribution is -0.155. The Morgan fingerprint density at radius 3 is 2.39 bits per heavy atom. The molecule has 0 spiro atoms. The molecule has 0 unspecified atom stereocenters. The van der Waals surface area contributed by atoms with E-state index in [0.717, 1.165) is 5.56 Å². The summed E-state index contributed by atoms with van der Waals surface area (Å²) in [6.07, 6.45) is -1.35. The Balaban J connectivity index is 1.96. The van der Waals surface area contributed by atoms with Gasteiger partial charge in [0.05, 0.1) is 25.3 Å². The van der Waals surface area contributed by atoms with E-state index in [2.05, 4.69) is 0 Å². The Morgan fingerprint density at radius 2 is 1.71 bits per heavy atom. The first kappa shape index (κ1) is 18.0. The molecule has 7 heteroatoms. The molecule has 1 fully saturated rings. The van der Waals surface area contributed by atoms with Gasteiger partial charge < -0.3 is 14.2 Å². The molecular formula is C21H19NO6. The number of rotatable bonds is 3. The summed E-state index contributed by atoms with van der Waals surface area (Å²) in [7, 11) is 2.49. The Labute approximate surface area is 161 Å². The van der Waals surface area contributed by atoms with Crippen molar-refractivity contribution in [3.8, 4) is 0 Å². The van der Waals surface area contributed by atoms with E-state index in [1.165, 1.54) is 19.1 Å². The number of methoxy groups -OCH3 is 2. The van der Waals surface area contributed by atoms with Crippen LogP contribution in [0.1, 0.15) is 11.1 Å². The van der Waals surface area contributed by atoms with Gasteiger partial charge in [0.2, 0.25) is 0 Å². The second kappa shape index (κ2) is 6.67. The lowest BCUT2D eigenvalue weighted by Crippen LogP contribution is -2.50. The maximum Gasteiger partial charge on any atom is 0.417 e. The summed E-state index contributed by atoms with van der Waals surface area (Å²) in [5.41, 5.74) is 1.02. The van der Waals surface area contributed by atoms with E-state index in [9.17, 15) is 14.4 Å². The second-order valence-corrected chi connectivity index (χ2v) is 6.81. The fourth-order valence-corrected chi connectivity index (χ4v) is 4.35. The van der Waals surface area contributed by atoms with Crippen LogP contribution < -0.4 is 4.90 Å². The maximum atomic E-state index is 12.7. The number of carbonyl (C=O) groups is 3. The van der Waals surface area contributed by atoms with Gasteiger partial charge in [-0.15, -0.1) is 0 Å². The number of para-hydroxylation sites is 1. The maximum absolute atomic E-state index is 12.7. The largest absolute Gasteiger partial charge is 0.468 e. The number of hydrogen-bond acceptors (Lipinski definition) is 6. The van der Waals surface area contributed by atoms with Crippen LogP contribution in [0, 0.1) is 5.92 Å². The third-order valence-electron chi connectivity index (χ3n) is 5.47. The van der Waals surface area contributed by atoms with Crippen LogP contribution >= 0.6 is 0 Å². The van der Waals surface area contributed by atoms with Gasteiger partial charge in [0, 0.05) is 0 Å². The molecule has 2 aromatic rings. The van der Waals surface area contributed by atoms with E-state index in [4.69, 9.17) is 14.2 Å². The van der Waals surface area contributed by atoms with Crippen molar-refractivity contribution in [1.29, 1.82) is 0 Å². The molecule has 1 amide bonds. The standard InChI is InChI=1S/C21H19NO6/c1-26-17(23)16-18(24)28-19-21(16,12-13-8-4-3-5-9-13)14-10-6-7-11-15(14)22(19)20(25)27-2/h3-11,16,19H,12H2,1-2H3/t16-,19-,21+/m1/s1. The van der Waals surface area contributed by atoms with Crippen LogP contribution in [-0.4, -0.2) is 38.5 Å². The molecule has 0 radical (unpaired) electrons. The zero-order valence-electron chi connectivity index (χ0n) is 15.5. The lowest BCUT2D eigenvalue weighted by atomic mass is 9.68. The van der Waals surface area contributed by atoms with E-state index in [0.29, 0.717) is 17.7 Å².